The minimum Gasteiger partial charge on any atom is -0.507 e. The number of rotatable bonds is 12. The minimum absolute atomic E-state index is 0.0116. The first kappa shape index (κ1) is 30.3. The quantitative estimate of drug-likeness (QED) is 0.0453. The molecule has 0 saturated heterocycles. The second-order valence-corrected chi connectivity index (χ2v) is 10.7. The Kier molecular flexibility index (Phi) is 8.94. The molecule has 0 atom stereocenters. The number of benzene rings is 3. The van der Waals surface area contributed by atoms with Crippen LogP contribution >= 0.6 is 0 Å². The Hall–Kier alpha value is -5.19. The molecule has 44 heavy (non-hydrogen) atoms. The van der Waals surface area contributed by atoms with Crippen molar-refractivity contribution in [3.63, 3.8) is 0 Å². The number of nitrogens with zero attached hydrogens (tertiary/aromatic N) is 2. The average molecular weight is 599 g/mol. The third-order valence-corrected chi connectivity index (χ3v) is 7.91. The number of phenolic OH excluding ortho intramolecular Hbond substituents is 1. The number of aromatic nitrogens is 1. The predicted octanol–water partition coefficient (Wildman–Crippen LogP) is 5.88. The molecule has 0 aliphatic carbocycles. The van der Waals surface area contributed by atoms with Gasteiger partial charge in [-0.25, -0.2) is 9.78 Å². The van der Waals surface area contributed by atoms with E-state index in [-0.39, 0.29) is 29.5 Å². The molecule has 0 bridgehead atoms. The lowest BCUT2D eigenvalue weighted by atomic mass is 9.94. The van der Waals surface area contributed by atoms with Gasteiger partial charge in [0.15, 0.2) is 0 Å². The number of carbonyl (C=O) groups excluding carboxylic acids is 2. The molecule has 228 valence electrons. The highest BCUT2D eigenvalue weighted by atomic mass is 16.6. The fourth-order valence-corrected chi connectivity index (χ4v) is 5.60. The van der Waals surface area contributed by atoms with Gasteiger partial charge in [0.1, 0.15) is 29.1 Å². The Morgan fingerprint density at radius 1 is 1.16 bits per heavy atom. The van der Waals surface area contributed by atoms with Crippen LogP contribution in [0.1, 0.15) is 53.2 Å². The van der Waals surface area contributed by atoms with Crippen LogP contribution < -0.4 is 15.4 Å². The van der Waals surface area contributed by atoms with Gasteiger partial charge in [0, 0.05) is 42.1 Å². The van der Waals surface area contributed by atoms with Crippen molar-refractivity contribution in [3.05, 3.63) is 86.5 Å². The van der Waals surface area contributed by atoms with Gasteiger partial charge in [-0.1, -0.05) is 35.9 Å². The Morgan fingerprint density at radius 3 is 2.70 bits per heavy atom. The number of para-hydroxylation sites is 1. The zero-order valence-corrected chi connectivity index (χ0v) is 24.9. The van der Waals surface area contributed by atoms with E-state index >= 15 is 0 Å². The molecule has 1 aromatic heterocycles. The summed E-state index contributed by atoms with van der Waals surface area (Å²) in [5.41, 5.74) is 5.00. The third kappa shape index (κ3) is 5.98. The van der Waals surface area contributed by atoms with Crippen LogP contribution in [-0.2, 0) is 22.6 Å². The molecule has 0 spiro atoms. The van der Waals surface area contributed by atoms with Crippen LogP contribution in [0.3, 0.4) is 0 Å². The van der Waals surface area contributed by atoms with Gasteiger partial charge in [-0.2, -0.15) is 0 Å². The SMILES string of the molecule is COc1c(C)c2c(c(O)c1C/C=C(\C)CCC(=O)NCCCNc1c3ccccc3nc3cccc([N+](=O)[O-])c13)C(=O)OC2. The second kappa shape index (κ2) is 13.0. The number of cyclic esters (lactones) is 1. The van der Waals surface area contributed by atoms with Gasteiger partial charge in [-0.3, -0.25) is 14.9 Å². The molecule has 0 unspecified atom stereocenters. The molecule has 1 amide bonds. The lowest BCUT2D eigenvalue weighted by Gasteiger charge is -2.15. The Morgan fingerprint density at radius 2 is 1.93 bits per heavy atom. The molecule has 4 aromatic rings. The number of pyridine rings is 1. The van der Waals surface area contributed by atoms with Gasteiger partial charge in [0.25, 0.3) is 5.69 Å². The molecule has 1 aliphatic heterocycles. The fraction of sp³-hybridized carbons (Fsp3) is 0.303. The van der Waals surface area contributed by atoms with Crippen LogP contribution in [0.25, 0.3) is 21.8 Å². The molecule has 2 heterocycles. The first-order chi connectivity index (χ1) is 21.2. The van der Waals surface area contributed by atoms with Crippen molar-refractivity contribution in [3.8, 4) is 11.5 Å². The smallest absolute Gasteiger partial charge is 0.342 e. The van der Waals surface area contributed by atoms with Crippen molar-refractivity contribution in [2.75, 3.05) is 25.5 Å². The summed E-state index contributed by atoms with van der Waals surface area (Å²) in [5.74, 6) is -0.231. The number of esters is 1. The number of nitro groups is 1. The number of allylic oxidation sites excluding steroid dienone is 2. The Bertz CT molecular complexity index is 1820. The monoisotopic (exact) mass is 598 g/mol. The van der Waals surface area contributed by atoms with Crippen LogP contribution in [0.4, 0.5) is 11.4 Å². The maximum absolute atomic E-state index is 12.5. The lowest BCUT2D eigenvalue weighted by Crippen LogP contribution is -2.25. The number of amides is 1. The number of hydrogen-bond donors (Lipinski definition) is 3. The van der Waals surface area contributed by atoms with Gasteiger partial charge in [0.05, 0.1) is 28.8 Å². The van der Waals surface area contributed by atoms with Gasteiger partial charge in [-0.15, -0.1) is 0 Å². The molecule has 5 rings (SSSR count). The fourth-order valence-electron chi connectivity index (χ4n) is 5.60. The maximum atomic E-state index is 12.5. The molecular formula is C33H34N4O7. The minimum atomic E-state index is -0.541. The summed E-state index contributed by atoms with van der Waals surface area (Å²) in [6, 6.07) is 12.4. The van der Waals surface area contributed by atoms with Gasteiger partial charge in [-0.05, 0) is 50.8 Å². The molecule has 3 N–H and O–H groups in total. The normalized spacial score (nSPS) is 12.7. The van der Waals surface area contributed by atoms with E-state index in [9.17, 15) is 24.8 Å². The molecular weight excluding hydrogens is 564 g/mol. The molecule has 0 saturated carbocycles. The van der Waals surface area contributed by atoms with E-state index in [4.69, 9.17) is 9.47 Å². The number of anilines is 1. The van der Waals surface area contributed by atoms with Gasteiger partial charge in [0.2, 0.25) is 5.91 Å². The van der Waals surface area contributed by atoms with Crippen LogP contribution in [0.5, 0.6) is 11.5 Å². The predicted molar refractivity (Wildman–Crippen MR) is 167 cm³/mol. The summed E-state index contributed by atoms with van der Waals surface area (Å²) in [6.45, 7) is 4.80. The van der Waals surface area contributed by atoms with Crippen molar-refractivity contribution < 1.29 is 29.1 Å². The number of methoxy groups -OCH3 is 1. The first-order valence-electron chi connectivity index (χ1n) is 14.4. The largest absolute Gasteiger partial charge is 0.507 e. The number of aromatic hydroxyl groups is 1. The molecule has 0 fully saturated rings. The highest BCUT2D eigenvalue weighted by Gasteiger charge is 2.31. The number of fused-ring (bicyclic) bond motifs is 3. The number of nitrogens with one attached hydrogen (secondary N) is 2. The summed E-state index contributed by atoms with van der Waals surface area (Å²) >= 11 is 0. The van der Waals surface area contributed by atoms with E-state index in [1.165, 1.54) is 13.2 Å². The first-order valence-corrected chi connectivity index (χ1v) is 14.4. The maximum Gasteiger partial charge on any atom is 0.342 e. The Balaban J connectivity index is 1.15. The summed E-state index contributed by atoms with van der Waals surface area (Å²) in [5, 5.41) is 30.1. The summed E-state index contributed by atoms with van der Waals surface area (Å²) in [4.78, 5) is 40.6. The number of nitro benzene ring substituents is 1. The van der Waals surface area contributed by atoms with Crippen molar-refractivity contribution >= 4 is 45.1 Å². The van der Waals surface area contributed by atoms with Gasteiger partial charge < -0.3 is 25.2 Å². The molecule has 11 nitrogen and oxygen atoms in total. The second-order valence-electron chi connectivity index (χ2n) is 10.7. The molecule has 11 heteroatoms. The molecule has 1 aliphatic rings. The van der Waals surface area contributed by atoms with E-state index < -0.39 is 10.9 Å². The zero-order valence-electron chi connectivity index (χ0n) is 24.9. The van der Waals surface area contributed by atoms with Crippen LogP contribution in [0.2, 0.25) is 0 Å². The third-order valence-electron chi connectivity index (χ3n) is 7.91. The van der Waals surface area contributed by atoms with Crippen molar-refractivity contribution in [1.29, 1.82) is 0 Å². The van der Waals surface area contributed by atoms with E-state index in [1.807, 2.05) is 44.2 Å². The van der Waals surface area contributed by atoms with E-state index in [0.29, 0.717) is 72.2 Å². The highest BCUT2D eigenvalue weighted by molar-refractivity contribution is 6.11. The van der Waals surface area contributed by atoms with Crippen LogP contribution in [0, 0.1) is 17.0 Å². The zero-order chi connectivity index (χ0) is 31.4. The average Bonchev–Trinajstić information content (AvgIpc) is 3.41. The van der Waals surface area contributed by atoms with Gasteiger partial charge >= 0.3 is 5.97 Å². The van der Waals surface area contributed by atoms with Crippen molar-refractivity contribution in [2.24, 2.45) is 0 Å². The van der Waals surface area contributed by atoms with Crippen molar-refractivity contribution in [1.82, 2.24) is 10.3 Å². The number of carbonyl (C=O) groups is 2. The molecule has 3 aromatic carbocycles. The van der Waals surface area contributed by atoms with E-state index in [2.05, 4.69) is 15.6 Å². The number of hydrogen-bond acceptors (Lipinski definition) is 9. The number of ether oxygens (including phenoxy) is 2. The molecule has 0 radical (unpaired) electrons. The highest BCUT2D eigenvalue weighted by Crippen LogP contribution is 2.42. The Labute approximate surface area is 254 Å². The number of phenols is 1. The van der Waals surface area contributed by atoms with E-state index in [0.717, 1.165) is 22.0 Å². The van der Waals surface area contributed by atoms with E-state index in [1.54, 1.807) is 12.1 Å². The topological polar surface area (TPSA) is 153 Å². The number of non-ortho nitro benzene ring substituents is 1. The lowest BCUT2D eigenvalue weighted by molar-refractivity contribution is -0.383. The van der Waals surface area contributed by atoms with Crippen LogP contribution in [0.15, 0.2) is 54.1 Å². The van der Waals surface area contributed by atoms with Crippen LogP contribution in [-0.4, -0.2) is 47.1 Å². The summed E-state index contributed by atoms with van der Waals surface area (Å²) < 4.78 is 10.6. The summed E-state index contributed by atoms with van der Waals surface area (Å²) in [6.07, 6.45) is 3.69. The standard InChI is InChI=1S/C33H34N4O7/c1-19(12-14-22-31(39)28-23(18-44-33(28)40)20(2)32(22)43-3)13-15-27(38)34-16-7-17-35-30-21-8-4-5-9-24(21)36-25-10-6-11-26(29(25)30)37(41)42/h4-6,8-12,39H,7,13-18H2,1-3H3,(H,34,38)(H,35,36)/b19-12+. The van der Waals surface area contributed by atoms with Crippen molar-refractivity contribution in [2.45, 2.75) is 46.1 Å². The summed E-state index contributed by atoms with van der Waals surface area (Å²) in [7, 11) is 1.52.